The van der Waals surface area contributed by atoms with E-state index in [0.717, 1.165) is 22.1 Å². The molecule has 0 unspecified atom stereocenters. The summed E-state index contributed by atoms with van der Waals surface area (Å²) in [6, 6.07) is 6.16. The lowest BCUT2D eigenvalue weighted by molar-refractivity contribution is 0.617. The first-order chi connectivity index (χ1) is 11.2. The van der Waals surface area contributed by atoms with Crippen LogP contribution < -0.4 is 10.6 Å². The molecule has 23 heavy (non-hydrogen) atoms. The SMILES string of the molecule is Cc1cc(Cl)ccc1Nc1nncc(NC2CCCCCC2)n1. The van der Waals surface area contributed by atoms with Gasteiger partial charge in [0, 0.05) is 16.8 Å². The lowest BCUT2D eigenvalue weighted by atomic mass is 10.1. The molecule has 0 atom stereocenters. The largest absolute Gasteiger partial charge is 0.366 e. The highest BCUT2D eigenvalue weighted by molar-refractivity contribution is 6.30. The fraction of sp³-hybridized carbons (Fsp3) is 0.471. The van der Waals surface area contributed by atoms with Crippen molar-refractivity contribution < 1.29 is 0 Å². The van der Waals surface area contributed by atoms with Crippen LogP contribution in [0.1, 0.15) is 44.1 Å². The van der Waals surface area contributed by atoms with Gasteiger partial charge in [0.05, 0.1) is 6.20 Å². The summed E-state index contributed by atoms with van der Waals surface area (Å²) in [5.41, 5.74) is 1.98. The lowest BCUT2D eigenvalue weighted by Crippen LogP contribution is -2.19. The van der Waals surface area contributed by atoms with Crippen LogP contribution in [0.3, 0.4) is 0 Å². The second kappa shape index (κ2) is 7.59. The third kappa shape index (κ3) is 4.55. The van der Waals surface area contributed by atoms with Crippen molar-refractivity contribution in [3.8, 4) is 0 Å². The van der Waals surface area contributed by atoms with E-state index in [2.05, 4.69) is 25.8 Å². The zero-order chi connectivity index (χ0) is 16.1. The van der Waals surface area contributed by atoms with Crippen LogP contribution in [0.2, 0.25) is 5.02 Å². The minimum absolute atomic E-state index is 0.485. The van der Waals surface area contributed by atoms with Gasteiger partial charge >= 0.3 is 0 Å². The molecule has 1 heterocycles. The molecule has 1 aromatic carbocycles. The third-order valence-electron chi connectivity index (χ3n) is 4.20. The van der Waals surface area contributed by atoms with E-state index < -0.39 is 0 Å². The van der Waals surface area contributed by atoms with Crippen LogP contribution in [0, 0.1) is 6.92 Å². The number of rotatable bonds is 4. The third-order valence-corrected chi connectivity index (χ3v) is 4.44. The van der Waals surface area contributed by atoms with Crippen LogP contribution in [-0.4, -0.2) is 21.2 Å². The molecular weight excluding hydrogens is 310 g/mol. The smallest absolute Gasteiger partial charge is 0.249 e. The zero-order valence-corrected chi connectivity index (χ0v) is 14.1. The van der Waals surface area contributed by atoms with Gasteiger partial charge in [0.1, 0.15) is 0 Å². The van der Waals surface area contributed by atoms with Crippen LogP contribution in [0.4, 0.5) is 17.5 Å². The van der Waals surface area contributed by atoms with Crippen LogP contribution in [0.5, 0.6) is 0 Å². The van der Waals surface area contributed by atoms with Gasteiger partial charge in [0.25, 0.3) is 0 Å². The molecule has 0 saturated heterocycles. The number of benzene rings is 1. The van der Waals surface area contributed by atoms with Gasteiger partial charge in [0.15, 0.2) is 5.82 Å². The number of aryl methyl sites for hydroxylation is 1. The molecule has 6 heteroatoms. The Morgan fingerprint density at radius 3 is 2.65 bits per heavy atom. The molecule has 5 nitrogen and oxygen atoms in total. The van der Waals surface area contributed by atoms with Crippen molar-refractivity contribution >= 4 is 29.1 Å². The van der Waals surface area contributed by atoms with E-state index in [-0.39, 0.29) is 0 Å². The maximum Gasteiger partial charge on any atom is 0.249 e. The Balaban J connectivity index is 1.69. The minimum Gasteiger partial charge on any atom is -0.366 e. The van der Waals surface area contributed by atoms with Gasteiger partial charge in [-0.15, -0.1) is 5.10 Å². The molecule has 1 aliphatic carbocycles. The van der Waals surface area contributed by atoms with E-state index in [9.17, 15) is 0 Å². The highest BCUT2D eigenvalue weighted by atomic mass is 35.5. The van der Waals surface area contributed by atoms with Crippen molar-refractivity contribution in [1.29, 1.82) is 0 Å². The topological polar surface area (TPSA) is 62.7 Å². The highest BCUT2D eigenvalue weighted by Gasteiger charge is 2.13. The number of aromatic nitrogens is 3. The van der Waals surface area contributed by atoms with Gasteiger partial charge in [-0.3, -0.25) is 0 Å². The normalized spacial score (nSPS) is 15.9. The molecule has 1 aromatic heterocycles. The van der Waals surface area contributed by atoms with Crippen molar-refractivity contribution in [3.63, 3.8) is 0 Å². The van der Waals surface area contributed by atoms with Crippen LogP contribution in [0.15, 0.2) is 24.4 Å². The average Bonchev–Trinajstić information content (AvgIpc) is 2.79. The molecule has 2 N–H and O–H groups in total. The molecule has 2 aromatic rings. The average molecular weight is 332 g/mol. The van der Waals surface area contributed by atoms with Crippen molar-refractivity contribution in [3.05, 3.63) is 35.0 Å². The summed E-state index contributed by atoms with van der Waals surface area (Å²) < 4.78 is 0. The second-order valence-electron chi connectivity index (χ2n) is 6.08. The Bertz CT molecular complexity index is 653. The summed E-state index contributed by atoms with van der Waals surface area (Å²) in [5, 5.41) is 15.5. The molecule has 0 radical (unpaired) electrons. The van der Waals surface area contributed by atoms with E-state index >= 15 is 0 Å². The Morgan fingerprint density at radius 2 is 1.91 bits per heavy atom. The van der Waals surface area contributed by atoms with Crippen LogP contribution >= 0.6 is 11.6 Å². The first kappa shape index (κ1) is 16.0. The van der Waals surface area contributed by atoms with Crippen molar-refractivity contribution in [2.75, 3.05) is 10.6 Å². The molecule has 122 valence electrons. The van der Waals surface area contributed by atoms with Crippen molar-refractivity contribution in [2.24, 2.45) is 0 Å². The fourth-order valence-corrected chi connectivity index (χ4v) is 3.17. The molecular formula is C17H22ClN5. The molecule has 0 amide bonds. The predicted molar refractivity (Wildman–Crippen MR) is 94.4 cm³/mol. The number of nitrogens with zero attached hydrogens (tertiary/aromatic N) is 3. The standard InChI is InChI=1S/C17H22ClN5/c1-12-10-13(18)8-9-15(12)21-17-22-16(11-19-23-17)20-14-6-4-2-3-5-7-14/h8-11,14H,2-7H2,1H3,(H2,20,21,22,23). The monoisotopic (exact) mass is 331 g/mol. The van der Waals surface area contributed by atoms with Gasteiger partial charge in [-0.1, -0.05) is 37.3 Å². The Kier molecular flexibility index (Phi) is 5.28. The molecule has 1 saturated carbocycles. The minimum atomic E-state index is 0.485. The summed E-state index contributed by atoms with van der Waals surface area (Å²) in [6.45, 7) is 2.00. The number of hydrogen-bond donors (Lipinski definition) is 2. The summed E-state index contributed by atoms with van der Waals surface area (Å²) in [5.74, 6) is 1.27. The molecule has 0 spiro atoms. The van der Waals surface area contributed by atoms with E-state index in [1.807, 2.05) is 25.1 Å². The van der Waals surface area contributed by atoms with Crippen LogP contribution in [0.25, 0.3) is 0 Å². The van der Waals surface area contributed by atoms with Gasteiger partial charge in [-0.25, -0.2) is 0 Å². The number of nitrogens with one attached hydrogen (secondary N) is 2. The first-order valence-electron chi connectivity index (χ1n) is 8.20. The molecule has 0 bridgehead atoms. The van der Waals surface area contributed by atoms with E-state index in [1.54, 1.807) is 6.20 Å². The molecule has 3 rings (SSSR count). The van der Waals surface area contributed by atoms with Gasteiger partial charge in [0.2, 0.25) is 5.95 Å². The van der Waals surface area contributed by atoms with Crippen molar-refractivity contribution in [2.45, 2.75) is 51.5 Å². The van der Waals surface area contributed by atoms with Crippen molar-refractivity contribution in [1.82, 2.24) is 15.2 Å². The van der Waals surface area contributed by atoms with Crippen LogP contribution in [-0.2, 0) is 0 Å². The summed E-state index contributed by atoms with van der Waals surface area (Å²) in [7, 11) is 0. The Morgan fingerprint density at radius 1 is 1.13 bits per heavy atom. The van der Waals surface area contributed by atoms with E-state index in [0.29, 0.717) is 12.0 Å². The first-order valence-corrected chi connectivity index (χ1v) is 8.58. The number of hydrogen-bond acceptors (Lipinski definition) is 5. The Labute approximate surface area is 141 Å². The predicted octanol–water partition coefficient (Wildman–Crippen LogP) is 4.71. The fourth-order valence-electron chi connectivity index (χ4n) is 2.95. The highest BCUT2D eigenvalue weighted by Crippen LogP contribution is 2.23. The maximum atomic E-state index is 5.99. The van der Waals surface area contributed by atoms with Gasteiger partial charge in [-0.2, -0.15) is 10.1 Å². The molecule has 1 aliphatic rings. The second-order valence-corrected chi connectivity index (χ2v) is 6.52. The van der Waals surface area contributed by atoms with Gasteiger partial charge < -0.3 is 10.6 Å². The summed E-state index contributed by atoms with van der Waals surface area (Å²) >= 11 is 5.99. The van der Waals surface area contributed by atoms with E-state index in [1.165, 1.54) is 38.5 Å². The van der Waals surface area contributed by atoms with Gasteiger partial charge in [-0.05, 0) is 43.5 Å². The molecule has 0 aliphatic heterocycles. The summed E-state index contributed by atoms with van der Waals surface area (Å²) in [4.78, 5) is 4.53. The Hall–Kier alpha value is -1.88. The number of halogens is 1. The maximum absolute atomic E-state index is 5.99. The molecule has 1 fully saturated rings. The quantitative estimate of drug-likeness (QED) is 0.794. The lowest BCUT2D eigenvalue weighted by Gasteiger charge is -2.17. The van der Waals surface area contributed by atoms with E-state index in [4.69, 9.17) is 11.6 Å². The summed E-state index contributed by atoms with van der Waals surface area (Å²) in [6.07, 6.45) is 9.32. The zero-order valence-electron chi connectivity index (χ0n) is 13.3. The number of anilines is 3.